The van der Waals surface area contributed by atoms with E-state index in [-0.39, 0.29) is 35.9 Å². The van der Waals surface area contributed by atoms with E-state index in [2.05, 4.69) is 13.8 Å². The number of ketones is 2. The van der Waals surface area contributed by atoms with E-state index in [0.29, 0.717) is 12.8 Å². The molecule has 7 heteroatoms. The molecular weight excluding hydrogens is 544 g/mol. The molecule has 226 valence electrons. The molecule has 0 aromatic heterocycles. The number of ether oxygens (including phenoxy) is 2. The first-order valence-electron chi connectivity index (χ1n) is 15.5. The van der Waals surface area contributed by atoms with Gasteiger partial charge in [0.2, 0.25) is 0 Å². The van der Waals surface area contributed by atoms with E-state index in [4.69, 9.17) is 9.47 Å². The molecule has 1 heterocycles. The van der Waals surface area contributed by atoms with Crippen molar-refractivity contribution in [3.05, 3.63) is 94.6 Å². The summed E-state index contributed by atoms with van der Waals surface area (Å²) >= 11 is 0. The Morgan fingerprint density at radius 2 is 1.67 bits per heavy atom. The van der Waals surface area contributed by atoms with Gasteiger partial charge in [-0.1, -0.05) is 74.0 Å². The van der Waals surface area contributed by atoms with Gasteiger partial charge in [-0.15, -0.1) is 0 Å². The highest BCUT2D eigenvalue weighted by atomic mass is 16.7. The van der Waals surface area contributed by atoms with Crippen LogP contribution < -0.4 is 0 Å². The first-order chi connectivity index (χ1) is 20.6. The van der Waals surface area contributed by atoms with Crippen molar-refractivity contribution < 1.29 is 34.4 Å². The van der Waals surface area contributed by atoms with E-state index in [0.717, 1.165) is 47.1 Å². The highest BCUT2D eigenvalue weighted by Crippen LogP contribution is 2.70. The summed E-state index contributed by atoms with van der Waals surface area (Å²) in [4.78, 5) is 25.9. The molecule has 5 aliphatic rings. The van der Waals surface area contributed by atoms with Crippen molar-refractivity contribution in [2.45, 2.75) is 76.7 Å². The van der Waals surface area contributed by atoms with Crippen LogP contribution in [0.4, 0.5) is 0 Å². The third-order valence-electron chi connectivity index (χ3n) is 11.7. The summed E-state index contributed by atoms with van der Waals surface area (Å²) in [7, 11) is 0. The number of fused-ring (bicyclic) bond motifs is 7. The van der Waals surface area contributed by atoms with Crippen LogP contribution in [0.3, 0.4) is 0 Å². The van der Waals surface area contributed by atoms with Crippen LogP contribution in [0, 0.1) is 28.6 Å². The third-order valence-corrected chi connectivity index (χ3v) is 11.7. The largest absolute Gasteiger partial charge is 0.393 e. The molecule has 9 atom stereocenters. The predicted molar refractivity (Wildman–Crippen MR) is 159 cm³/mol. The zero-order chi connectivity index (χ0) is 30.1. The van der Waals surface area contributed by atoms with Gasteiger partial charge >= 0.3 is 0 Å². The number of aliphatic hydroxyl groups is 3. The Kier molecular flexibility index (Phi) is 6.91. The Morgan fingerprint density at radius 1 is 1.00 bits per heavy atom. The summed E-state index contributed by atoms with van der Waals surface area (Å²) in [6.07, 6.45) is 6.69. The second-order valence-corrected chi connectivity index (χ2v) is 13.7. The number of aliphatic hydroxyl groups excluding tert-OH is 3. The average molecular weight is 585 g/mol. The van der Waals surface area contributed by atoms with Gasteiger partial charge in [0, 0.05) is 22.3 Å². The van der Waals surface area contributed by atoms with Gasteiger partial charge in [-0.05, 0) is 72.8 Å². The Hall–Kier alpha value is -2.94. The van der Waals surface area contributed by atoms with E-state index in [9.17, 15) is 24.9 Å². The molecule has 0 unspecified atom stereocenters. The summed E-state index contributed by atoms with van der Waals surface area (Å²) in [5.41, 5.74) is 2.55. The van der Waals surface area contributed by atoms with Gasteiger partial charge < -0.3 is 24.8 Å². The number of carbonyl (C=O) groups is 2. The highest BCUT2D eigenvalue weighted by Gasteiger charge is 2.75. The van der Waals surface area contributed by atoms with E-state index in [1.807, 2.05) is 54.6 Å². The molecule has 7 nitrogen and oxygen atoms in total. The van der Waals surface area contributed by atoms with Crippen LogP contribution in [-0.4, -0.2) is 51.3 Å². The summed E-state index contributed by atoms with van der Waals surface area (Å²) in [5.74, 6) is -0.269. The number of rotatable bonds is 6. The second-order valence-electron chi connectivity index (χ2n) is 13.7. The monoisotopic (exact) mass is 584 g/mol. The summed E-state index contributed by atoms with van der Waals surface area (Å²) in [6, 6.07) is 15.9. The van der Waals surface area contributed by atoms with Crippen LogP contribution >= 0.6 is 0 Å². The fourth-order valence-electron chi connectivity index (χ4n) is 9.63. The van der Waals surface area contributed by atoms with Crippen molar-refractivity contribution in [2.24, 2.45) is 28.6 Å². The SMILES string of the molecule is C[C@]12C=CC(=O)C=C1CC[C@@H]1[C@@H]2[C@@H](O)C[C@@]2(C)[C@H]1C[C@H]1O[C@H](c3ccc(Cc4ccc(CO)cc4)cc3)O[C@]12C(=O)CO. The van der Waals surface area contributed by atoms with Crippen LogP contribution in [0.15, 0.2) is 72.3 Å². The van der Waals surface area contributed by atoms with E-state index in [1.54, 1.807) is 12.2 Å². The average Bonchev–Trinajstić information content (AvgIpc) is 3.50. The normalized spacial score (nSPS) is 39.5. The lowest BCUT2D eigenvalue weighted by atomic mass is 9.46. The van der Waals surface area contributed by atoms with Gasteiger partial charge in [-0.25, -0.2) is 0 Å². The fraction of sp³-hybridized carbons (Fsp3) is 0.500. The molecule has 0 amide bonds. The van der Waals surface area contributed by atoms with Gasteiger partial charge in [0.1, 0.15) is 6.61 Å². The maximum absolute atomic E-state index is 13.7. The quantitative estimate of drug-likeness (QED) is 0.462. The summed E-state index contributed by atoms with van der Waals surface area (Å²) < 4.78 is 13.3. The third kappa shape index (κ3) is 4.20. The molecular formula is C36H40O7. The van der Waals surface area contributed by atoms with Crippen molar-refractivity contribution in [3.63, 3.8) is 0 Å². The number of carbonyl (C=O) groups excluding carboxylic acids is 2. The molecule has 1 aliphatic heterocycles. The molecule has 7 rings (SSSR count). The van der Waals surface area contributed by atoms with E-state index >= 15 is 0 Å². The Labute approximate surface area is 252 Å². The molecule has 2 aromatic rings. The Morgan fingerprint density at radius 3 is 2.35 bits per heavy atom. The maximum atomic E-state index is 13.7. The zero-order valence-corrected chi connectivity index (χ0v) is 24.7. The van der Waals surface area contributed by atoms with Crippen LogP contribution in [0.25, 0.3) is 0 Å². The van der Waals surface area contributed by atoms with Gasteiger partial charge in [-0.3, -0.25) is 9.59 Å². The molecule has 0 bridgehead atoms. The standard InChI is InChI=1S/C36H40O7/c1-34-14-13-26(39)16-25(34)11-12-27-28-17-31-36(30(41)20-38,35(28,2)18-29(40)32(27)34)43-33(42-31)24-9-7-22(8-10-24)15-21-3-5-23(19-37)6-4-21/h3-10,13-14,16,27-29,31-33,37-38,40H,11-12,15,17-20H2,1-2H3/t27-,28-,29-,31+,32+,33-,34-,35-,36+/m0/s1. The van der Waals surface area contributed by atoms with Crippen LogP contribution in [-0.2, 0) is 32.1 Å². The Balaban J connectivity index is 1.16. The topological polar surface area (TPSA) is 113 Å². The lowest BCUT2D eigenvalue weighted by molar-refractivity contribution is -0.201. The number of allylic oxidation sites excluding steroid dienone is 4. The Bertz CT molecular complexity index is 1490. The molecule has 3 N–H and O–H groups in total. The van der Waals surface area contributed by atoms with Crippen LogP contribution in [0.5, 0.6) is 0 Å². The summed E-state index contributed by atoms with van der Waals surface area (Å²) in [6.45, 7) is 3.55. The van der Waals surface area contributed by atoms with Gasteiger partial charge in [0.25, 0.3) is 0 Å². The molecule has 43 heavy (non-hydrogen) atoms. The minimum absolute atomic E-state index is 0.00142. The lowest BCUT2D eigenvalue weighted by Gasteiger charge is -2.59. The number of Topliss-reactive ketones (excluding diaryl/α,β-unsaturated/α-hetero) is 1. The number of benzene rings is 2. The zero-order valence-electron chi connectivity index (χ0n) is 24.7. The van der Waals surface area contributed by atoms with Crippen molar-refractivity contribution >= 4 is 11.6 Å². The van der Waals surface area contributed by atoms with Crippen molar-refractivity contribution in [3.8, 4) is 0 Å². The number of hydrogen-bond donors (Lipinski definition) is 3. The maximum Gasteiger partial charge on any atom is 0.193 e. The number of hydrogen-bond acceptors (Lipinski definition) is 7. The van der Waals surface area contributed by atoms with Gasteiger partial charge in [0.15, 0.2) is 23.5 Å². The van der Waals surface area contributed by atoms with Crippen molar-refractivity contribution in [2.75, 3.05) is 6.61 Å². The molecule has 0 radical (unpaired) electrons. The smallest absolute Gasteiger partial charge is 0.193 e. The van der Waals surface area contributed by atoms with Crippen LogP contribution in [0.2, 0.25) is 0 Å². The molecule has 4 fully saturated rings. The van der Waals surface area contributed by atoms with E-state index < -0.39 is 41.5 Å². The fourth-order valence-corrected chi connectivity index (χ4v) is 9.63. The van der Waals surface area contributed by atoms with Crippen LogP contribution in [0.1, 0.15) is 68.1 Å². The predicted octanol–water partition coefficient (Wildman–Crippen LogP) is 4.37. The lowest BCUT2D eigenvalue weighted by Crippen LogP contribution is -2.63. The minimum atomic E-state index is -1.36. The molecule has 2 aromatic carbocycles. The van der Waals surface area contributed by atoms with Crippen molar-refractivity contribution in [1.29, 1.82) is 0 Å². The molecule has 1 saturated heterocycles. The van der Waals surface area contributed by atoms with Gasteiger partial charge in [-0.2, -0.15) is 0 Å². The molecule has 3 saturated carbocycles. The minimum Gasteiger partial charge on any atom is -0.393 e. The van der Waals surface area contributed by atoms with Crippen molar-refractivity contribution in [1.82, 2.24) is 0 Å². The first-order valence-corrected chi connectivity index (χ1v) is 15.5. The van der Waals surface area contributed by atoms with Gasteiger partial charge in [0.05, 0.1) is 18.8 Å². The first kappa shape index (κ1) is 28.8. The second kappa shape index (κ2) is 10.3. The molecule has 4 aliphatic carbocycles. The van der Waals surface area contributed by atoms with E-state index in [1.165, 1.54) is 0 Å². The summed E-state index contributed by atoms with van der Waals surface area (Å²) in [5, 5.41) is 31.3. The molecule has 0 spiro atoms. The highest BCUT2D eigenvalue weighted by molar-refractivity contribution is 6.01.